The van der Waals surface area contributed by atoms with Crippen LogP contribution in [0, 0.1) is 0 Å². The number of carbonyl (C=O) groups is 1. The zero-order valence-corrected chi connectivity index (χ0v) is 14.9. The third-order valence-electron chi connectivity index (χ3n) is 3.90. The van der Waals surface area contributed by atoms with E-state index in [-0.39, 0.29) is 5.91 Å². The summed E-state index contributed by atoms with van der Waals surface area (Å²) in [4.78, 5) is 14.0. The van der Waals surface area contributed by atoms with Gasteiger partial charge in [-0.25, -0.2) is 8.42 Å². The third-order valence-corrected chi connectivity index (χ3v) is 5.50. The number of aryl methyl sites for hydroxylation is 1. The van der Waals surface area contributed by atoms with Crippen LogP contribution in [0.15, 0.2) is 18.2 Å². The van der Waals surface area contributed by atoms with Crippen LogP contribution >= 0.6 is 11.6 Å². The van der Waals surface area contributed by atoms with Gasteiger partial charge in [-0.3, -0.25) is 4.79 Å². The maximum absolute atomic E-state index is 12.2. The smallest absolute Gasteiger partial charge is 0.222 e. The highest BCUT2D eigenvalue weighted by molar-refractivity contribution is 7.88. The molecule has 1 aliphatic rings. The quantitative estimate of drug-likeness (QED) is 0.795. The number of sulfonamides is 1. The first kappa shape index (κ1) is 18.0. The molecular weight excluding hydrogens is 340 g/mol. The van der Waals surface area contributed by atoms with Crippen LogP contribution in [0.25, 0.3) is 0 Å². The fraction of sp³-hybridized carbons (Fsp3) is 0.533. The van der Waals surface area contributed by atoms with Crippen molar-refractivity contribution in [1.82, 2.24) is 9.21 Å². The number of rotatable bonds is 5. The van der Waals surface area contributed by atoms with Crippen molar-refractivity contribution in [2.45, 2.75) is 12.8 Å². The van der Waals surface area contributed by atoms with Crippen molar-refractivity contribution in [3.8, 4) is 5.75 Å². The number of nitrogens with zero attached hydrogens (tertiary/aromatic N) is 2. The standard InChI is InChI=1S/C15H21ClN2O4S/c1-22-14-5-3-12(11-13(14)16)4-6-15(19)17-7-9-18(10-8-17)23(2,20)21/h3,5,11H,4,6-10H2,1-2H3. The molecule has 1 aliphatic heterocycles. The summed E-state index contributed by atoms with van der Waals surface area (Å²) >= 11 is 6.07. The van der Waals surface area contributed by atoms with Crippen LogP contribution in [0.4, 0.5) is 0 Å². The molecule has 0 saturated carbocycles. The molecule has 1 amide bonds. The van der Waals surface area contributed by atoms with Gasteiger partial charge in [0.1, 0.15) is 5.75 Å². The van der Waals surface area contributed by atoms with Gasteiger partial charge in [-0.15, -0.1) is 0 Å². The summed E-state index contributed by atoms with van der Waals surface area (Å²) in [5.41, 5.74) is 0.971. The van der Waals surface area contributed by atoms with Crippen LogP contribution in [-0.4, -0.2) is 63.1 Å². The van der Waals surface area contributed by atoms with E-state index in [0.717, 1.165) is 5.56 Å². The molecule has 0 spiro atoms. The van der Waals surface area contributed by atoms with Crippen LogP contribution < -0.4 is 4.74 Å². The summed E-state index contributed by atoms with van der Waals surface area (Å²) < 4.78 is 29.4. The summed E-state index contributed by atoms with van der Waals surface area (Å²) in [6.45, 7) is 1.60. The van der Waals surface area contributed by atoms with Crippen LogP contribution in [0.2, 0.25) is 5.02 Å². The molecule has 0 aliphatic carbocycles. The molecule has 1 saturated heterocycles. The van der Waals surface area contributed by atoms with Crippen molar-refractivity contribution < 1.29 is 17.9 Å². The Hall–Kier alpha value is -1.31. The molecule has 1 aromatic carbocycles. The van der Waals surface area contributed by atoms with Gasteiger partial charge in [-0.2, -0.15) is 4.31 Å². The highest BCUT2D eigenvalue weighted by Gasteiger charge is 2.25. The number of carbonyl (C=O) groups excluding carboxylic acids is 1. The molecule has 8 heteroatoms. The lowest BCUT2D eigenvalue weighted by Gasteiger charge is -2.33. The van der Waals surface area contributed by atoms with Gasteiger partial charge in [0.25, 0.3) is 0 Å². The largest absolute Gasteiger partial charge is 0.495 e. The lowest BCUT2D eigenvalue weighted by atomic mass is 10.1. The Labute approximate surface area is 142 Å². The molecule has 0 atom stereocenters. The maximum atomic E-state index is 12.2. The first-order valence-electron chi connectivity index (χ1n) is 7.36. The second-order valence-corrected chi connectivity index (χ2v) is 7.90. The highest BCUT2D eigenvalue weighted by Crippen LogP contribution is 2.25. The Morgan fingerprint density at radius 3 is 2.43 bits per heavy atom. The van der Waals surface area contributed by atoms with Gasteiger partial charge >= 0.3 is 0 Å². The van der Waals surface area contributed by atoms with Gasteiger partial charge in [0, 0.05) is 32.6 Å². The summed E-state index contributed by atoms with van der Waals surface area (Å²) in [7, 11) is -1.62. The van der Waals surface area contributed by atoms with Crippen LogP contribution in [0.1, 0.15) is 12.0 Å². The van der Waals surface area contributed by atoms with Gasteiger partial charge in [0.15, 0.2) is 0 Å². The van der Waals surface area contributed by atoms with Crippen molar-refractivity contribution in [3.05, 3.63) is 28.8 Å². The molecule has 128 valence electrons. The number of methoxy groups -OCH3 is 1. The number of benzene rings is 1. The lowest BCUT2D eigenvalue weighted by molar-refractivity contribution is -0.132. The van der Waals surface area contributed by atoms with E-state index in [9.17, 15) is 13.2 Å². The van der Waals surface area contributed by atoms with E-state index in [0.29, 0.717) is 49.8 Å². The number of piperazine rings is 1. The fourth-order valence-electron chi connectivity index (χ4n) is 2.54. The number of hydrogen-bond acceptors (Lipinski definition) is 4. The molecule has 1 aromatic rings. The molecule has 0 N–H and O–H groups in total. The minimum atomic E-state index is -3.17. The molecule has 2 rings (SSSR count). The Morgan fingerprint density at radius 1 is 1.26 bits per heavy atom. The number of ether oxygens (including phenoxy) is 1. The third kappa shape index (κ3) is 4.83. The molecule has 0 unspecified atom stereocenters. The zero-order valence-electron chi connectivity index (χ0n) is 13.3. The second-order valence-electron chi connectivity index (χ2n) is 5.51. The predicted molar refractivity (Wildman–Crippen MR) is 89.3 cm³/mol. The first-order valence-corrected chi connectivity index (χ1v) is 9.59. The minimum Gasteiger partial charge on any atom is -0.495 e. The number of amides is 1. The molecule has 6 nitrogen and oxygen atoms in total. The molecule has 0 aromatic heterocycles. The lowest BCUT2D eigenvalue weighted by Crippen LogP contribution is -2.50. The number of hydrogen-bond donors (Lipinski definition) is 0. The summed E-state index contributed by atoms with van der Waals surface area (Å²) in [6, 6.07) is 5.47. The molecular formula is C15H21ClN2O4S. The summed E-state index contributed by atoms with van der Waals surface area (Å²) in [5, 5.41) is 0.527. The van der Waals surface area contributed by atoms with Crippen molar-refractivity contribution in [2.75, 3.05) is 39.5 Å². The molecule has 0 radical (unpaired) electrons. The van der Waals surface area contributed by atoms with Crippen molar-refractivity contribution in [2.24, 2.45) is 0 Å². The van der Waals surface area contributed by atoms with Gasteiger partial charge in [0.2, 0.25) is 15.9 Å². The maximum Gasteiger partial charge on any atom is 0.222 e. The van der Waals surface area contributed by atoms with Crippen molar-refractivity contribution in [3.63, 3.8) is 0 Å². The van der Waals surface area contributed by atoms with Gasteiger partial charge in [-0.05, 0) is 24.1 Å². The Morgan fingerprint density at radius 2 is 1.91 bits per heavy atom. The van der Waals surface area contributed by atoms with Crippen molar-refractivity contribution >= 4 is 27.5 Å². The van der Waals surface area contributed by atoms with E-state index in [1.165, 1.54) is 10.6 Å². The normalized spacial score (nSPS) is 16.4. The van der Waals surface area contributed by atoms with Crippen molar-refractivity contribution in [1.29, 1.82) is 0 Å². The van der Waals surface area contributed by atoms with Crippen LogP contribution in [-0.2, 0) is 21.2 Å². The fourth-order valence-corrected chi connectivity index (χ4v) is 3.65. The van der Waals surface area contributed by atoms with E-state index in [4.69, 9.17) is 16.3 Å². The van der Waals surface area contributed by atoms with E-state index < -0.39 is 10.0 Å². The van der Waals surface area contributed by atoms with Crippen LogP contribution in [0.3, 0.4) is 0 Å². The zero-order chi connectivity index (χ0) is 17.0. The van der Waals surface area contributed by atoms with E-state index in [1.807, 2.05) is 6.07 Å². The van der Waals surface area contributed by atoms with Gasteiger partial charge in [0.05, 0.1) is 18.4 Å². The van der Waals surface area contributed by atoms with E-state index in [2.05, 4.69) is 0 Å². The number of halogens is 1. The van der Waals surface area contributed by atoms with Gasteiger partial charge in [-0.1, -0.05) is 17.7 Å². The average Bonchev–Trinajstić information content (AvgIpc) is 2.52. The second kappa shape index (κ2) is 7.51. The first-order chi connectivity index (χ1) is 10.8. The Bertz CT molecular complexity index is 670. The highest BCUT2D eigenvalue weighted by atomic mass is 35.5. The molecule has 1 heterocycles. The summed E-state index contributed by atoms with van der Waals surface area (Å²) in [6.07, 6.45) is 2.16. The van der Waals surface area contributed by atoms with E-state index >= 15 is 0 Å². The minimum absolute atomic E-state index is 0.0325. The average molecular weight is 361 g/mol. The Balaban J connectivity index is 1.85. The van der Waals surface area contributed by atoms with E-state index in [1.54, 1.807) is 24.1 Å². The SMILES string of the molecule is COc1ccc(CCC(=O)N2CCN(S(C)(=O)=O)CC2)cc1Cl. The monoisotopic (exact) mass is 360 g/mol. The molecule has 1 fully saturated rings. The molecule has 23 heavy (non-hydrogen) atoms. The predicted octanol–water partition coefficient (Wildman–Crippen LogP) is 1.39. The topological polar surface area (TPSA) is 66.9 Å². The Kier molecular flexibility index (Phi) is 5.89. The van der Waals surface area contributed by atoms with Crippen LogP contribution in [0.5, 0.6) is 5.75 Å². The van der Waals surface area contributed by atoms with Gasteiger partial charge < -0.3 is 9.64 Å². The molecule has 0 bridgehead atoms. The summed E-state index contributed by atoms with van der Waals surface area (Å²) in [5.74, 6) is 0.642.